The van der Waals surface area contributed by atoms with Gasteiger partial charge in [-0.15, -0.1) is 0 Å². The summed E-state index contributed by atoms with van der Waals surface area (Å²) in [4.78, 5) is 0. The second-order valence-corrected chi connectivity index (χ2v) is 4.21. The first-order valence-electron chi connectivity index (χ1n) is 4.40. The lowest BCUT2D eigenvalue weighted by atomic mass is 9.95. The summed E-state index contributed by atoms with van der Waals surface area (Å²) in [7, 11) is 0. The molecule has 1 nitrogen and oxygen atoms in total. The molecule has 0 unspecified atom stereocenters. The van der Waals surface area contributed by atoms with Gasteiger partial charge in [0.2, 0.25) is 0 Å². The molecule has 0 aromatic heterocycles. The Kier molecular flexibility index (Phi) is 3.56. The quantitative estimate of drug-likeness (QED) is 0.634. The van der Waals surface area contributed by atoms with Crippen molar-refractivity contribution in [2.45, 2.75) is 40.2 Å². The molecular weight excluding hydrogens is 146 g/mol. The SMILES string of the molecule is C=C(NC(C)(C)C(=C)C)C(C)C. The fourth-order valence-corrected chi connectivity index (χ4v) is 0.652. The molecule has 0 aromatic carbocycles. The Balaban J connectivity index is 4.25. The molecule has 0 aliphatic heterocycles. The first kappa shape index (κ1) is 11.3. The summed E-state index contributed by atoms with van der Waals surface area (Å²) >= 11 is 0. The van der Waals surface area contributed by atoms with Crippen molar-refractivity contribution in [1.82, 2.24) is 5.32 Å². The van der Waals surface area contributed by atoms with Crippen molar-refractivity contribution >= 4 is 0 Å². The van der Waals surface area contributed by atoms with Crippen LogP contribution in [0.3, 0.4) is 0 Å². The van der Waals surface area contributed by atoms with E-state index in [1.807, 2.05) is 6.92 Å². The van der Waals surface area contributed by atoms with Crippen LogP contribution in [-0.2, 0) is 0 Å². The zero-order chi connectivity index (χ0) is 9.94. The van der Waals surface area contributed by atoms with E-state index in [9.17, 15) is 0 Å². The highest BCUT2D eigenvalue weighted by atomic mass is 15.0. The van der Waals surface area contributed by atoms with Gasteiger partial charge in [0.1, 0.15) is 0 Å². The maximum atomic E-state index is 3.97. The van der Waals surface area contributed by atoms with E-state index in [4.69, 9.17) is 0 Å². The van der Waals surface area contributed by atoms with Crippen LogP contribution in [0.4, 0.5) is 0 Å². The topological polar surface area (TPSA) is 12.0 Å². The van der Waals surface area contributed by atoms with Crippen LogP contribution in [0.25, 0.3) is 0 Å². The van der Waals surface area contributed by atoms with Crippen LogP contribution < -0.4 is 5.32 Å². The molecule has 0 rings (SSSR count). The summed E-state index contributed by atoms with van der Waals surface area (Å²) in [6.45, 7) is 18.4. The molecule has 0 aliphatic rings. The van der Waals surface area contributed by atoms with Crippen molar-refractivity contribution in [2.24, 2.45) is 5.92 Å². The molecule has 0 radical (unpaired) electrons. The zero-order valence-electron chi connectivity index (χ0n) is 8.99. The lowest BCUT2D eigenvalue weighted by Crippen LogP contribution is -2.40. The average molecular weight is 167 g/mol. The third-order valence-electron chi connectivity index (χ3n) is 2.24. The minimum Gasteiger partial charge on any atom is -0.380 e. The van der Waals surface area contributed by atoms with Crippen LogP contribution in [-0.4, -0.2) is 5.54 Å². The monoisotopic (exact) mass is 167 g/mol. The highest BCUT2D eigenvalue weighted by Gasteiger charge is 2.18. The number of hydrogen-bond donors (Lipinski definition) is 1. The second-order valence-electron chi connectivity index (χ2n) is 4.21. The highest BCUT2D eigenvalue weighted by Crippen LogP contribution is 2.16. The number of rotatable bonds is 4. The molecule has 70 valence electrons. The third-order valence-corrected chi connectivity index (χ3v) is 2.24. The molecule has 12 heavy (non-hydrogen) atoms. The highest BCUT2D eigenvalue weighted by molar-refractivity contribution is 5.14. The van der Waals surface area contributed by atoms with E-state index < -0.39 is 0 Å². The molecule has 0 atom stereocenters. The molecule has 0 saturated heterocycles. The molecule has 1 heteroatoms. The van der Waals surface area contributed by atoms with Crippen LogP contribution in [0, 0.1) is 5.92 Å². The predicted octanol–water partition coefficient (Wildman–Crippen LogP) is 3.10. The largest absolute Gasteiger partial charge is 0.380 e. The van der Waals surface area contributed by atoms with Crippen LogP contribution >= 0.6 is 0 Å². The van der Waals surface area contributed by atoms with Gasteiger partial charge in [-0.1, -0.05) is 32.6 Å². The summed E-state index contributed by atoms with van der Waals surface area (Å²) in [6, 6.07) is 0. The molecular formula is C11H21N. The van der Waals surface area contributed by atoms with Crippen LogP contribution in [0.2, 0.25) is 0 Å². The molecule has 0 fully saturated rings. The first-order chi connectivity index (χ1) is 5.27. The van der Waals surface area contributed by atoms with Crippen LogP contribution in [0.15, 0.2) is 24.4 Å². The third kappa shape index (κ3) is 3.12. The molecule has 0 aliphatic carbocycles. The molecule has 0 saturated carbocycles. The Hall–Kier alpha value is -0.720. The van der Waals surface area contributed by atoms with Gasteiger partial charge < -0.3 is 5.32 Å². The van der Waals surface area contributed by atoms with E-state index in [1.54, 1.807) is 0 Å². The van der Waals surface area contributed by atoms with Gasteiger partial charge in [0.05, 0.1) is 5.54 Å². The summed E-state index contributed by atoms with van der Waals surface area (Å²) in [5.74, 6) is 0.476. The lowest BCUT2D eigenvalue weighted by molar-refractivity contribution is 0.471. The van der Waals surface area contributed by atoms with Crippen molar-refractivity contribution in [1.29, 1.82) is 0 Å². The van der Waals surface area contributed by atoms with Crippen molar-refractivity contribution < 1.29 is 0 Å². The van der Waals surface area contributed by atoms with Crippen LogP contribution in [0.5, 0.6) is 0 Å². The van der Waals surface area contributed by atoms with Gasteiger partial charge in [-0.05, 0) is 26.7 Å². The molecule has 1 N–H and O–H groups in total. The standard InChI is InChI=1S/C11H21N/c1-8(2)10(5)12-11(6,7)9(3)4/h8,12H,3,5H2,1-2,4,6-7H3. The normalized spacial score (nSPS) is 11.5. The Labute approximate surface area is 76.6 Å². The zero-order valence-corrected chi connectivity index (χ0v) is 8.99. The fraction of sp³-hybridized carbons (Fsp3) is 0.636. The second kappa shape index (κ2) is 3.79. The van der Waals surface area contributed by atoms with Gasteiger partial charge in [-0.2, -0.15) is 0 Å². The van der Waals surface area contributed by atoms with Gasteiger partial charge in [-0.3, -0.25) is 0 Å². The molecule has 0 heterocycles. The summed E-state index contributed by atoms with van der Waals surface area (Å²) in [5.41, 5.74) is 2.16. The van der Waals surface area contributed by atoms with Gasteiger partial charge in [0.15, 0.2) is 0 Å². The van der Waals surface area contributed by atoms with Gasteiger partial charge >= 0.3 is 0 Å². The summed E-state index contributed by atoms with van der Waals surface area (Å²) in [5, 5.41) is 3.36. The maximum absolute atomic E-state index is 3.97. The van der Waals surface area contributed by atoms with E-state index in [1.165, 1.54) is 0 Å². The number of hydrogen-bond acceptors (Lipinski definition) is 1. The average Bonchev–Trinajstić information content (AvgIpc) is 1.85. The van der Waals surface area contributed by atoms with E-state index in [-0.39, 0.29) is 5.54 Å². The minimum absolute atomic E-state index is 0.0403. The Morgan fingerprint density at radius 3 is 1.92 bits per heavy atom. The van der Waals surface area contributed by atoms with Crippen molar-refractivity contribution in [3.05, 3.63) is 24.4 Å². The Morgan fingerprint density at radius 2 is 1.67 bits per heavy atom. The maximum Gasteiger partial charge on any atom is 0.0520 e. The van der Waals surface area contributed by atoms with Crippen LogP contribution in [0.1, 0.15) is 34.6 Å². The fourth-order valence-electron chi connectivity index (χ4n) is 0.652. The van der Waals surface area contributed by atoms with Gasteiger partial charge in [-0.25, -0.2) is 0 Å². The lowest BCUT2D eigenvalue weighted by Gasteiger charge is -2.30. The van der Waals surface area contributed by atoms with Crippen molar-refractivity contribution in [2.75, 3.05) is 0 Å². The first-order valence-corrected chi connectivity index (χ1v) is 4.40. The number of nitrogens with one attached hydrogen (secondary N) is 1. The number of allylic oxidation sites excluding steroid dienone is 1. The molecule has 0 amide bonds. The van der Waals surface area contributed by atoms with Gasteiger partial charge in [0, 0.05) is 5.70 Å². The minimum atomic E-state index is -0.0403. The predicted molar refractivity (Wildman–Crippen MR) is 56.0 cm³/mol. The van der Waals surface area contributed by atoms with Gasteiger partial charge in [0.25, 0.3) is 0 Å². The van der Waals surface area contributed by atoms with E-state index >= 15 is 0 Å². The summed E-state index contributed by atoms with van der Waals surface area (Å²) < 4.78 is 0. The van der Waals surface area contributed by atoms with Crippen molar-refractivity contribution in [3.63, 3.8) is 0 Å². The summed E-state index contributed by atoms with van der Waals surface area (Å²) in [6.07, 6.45) is 0. The smallest absolute Gasteiger partial charge is 0.0520 e. The van der Waals surface area contributed by atoms with E-state index in [0.29, 0.717) is 5.92 Å². The molecule has 0 spiro atoms. The van der Waals surface area contributed by atoms with E-state index in [2.05, 4.69) is 46.2 Å². The molecule has 0 aromatic rings. The van der Waals surface area contributed by atoms with E-state index in [0.717, 1.165) is 11.3 Å². The molecule has 0 bridgehead atoms. The Morgan fingerprint density at radius 1 is 1.25 bits per heavy atom. The van der Waals surface area contributed by atoms with Crippen molar-refractivity contribution in [3.8, 4) is 0 Å². The Bertz CT molecular complexity index is 187.